The van der Waals surface area contributed by atoms with Crippen LogP contribution in [0.25, 0.3) is 11.1 Å². The van der Waals surface area contributed by atoms with Crippen LogP contribution in [0.15, 0.2) is 84.9 Å². The molecule has 0 bridgehead atoms. The number of nitriles is 1. The molecule has 0 heterocycles. The number of nitrogens with zero attached hydrogens (tertiary/aromatic N) is 1. The summed E-state index contributed by atoms with van der Waals surface area (Å²) in [4.78, 5) is 23.3. The van der Waals surface area contributed by atoms with E-state index in [1.54, 1.807) is 48.5 Å². The number of amides is 1. The Morgan fingerprint density at radius 3 is 2.24 bits per heavy atom. The quantitative estimate of drug-likeness (QED) is 0.149. The molecule has 0 saturated heterocycles. The molecule has 0 spiro atoms. The lowest BCUT2D eigenvalue weighted by Gasteiger charge is -2.29. The Bertz CT molecular complexity index is 1740. The summed E-state index contributed by atoms with van der Waals surface area (Å²) in [7, 11) is 0. The smallest absolute Gasteiger partial charge is 0.416 e. The molecule has 4 aromatic carbocycles. The first kappa shape index (κ1) is 34.0. The molecule has 0 radical (unpaired) electrons. The molecule has 4 rings (SSSR count). The molecular weight excluding hydrogens is 624 g/mol. The van der Waals surface area contributed by atoms with E-state index in [0.717, 1.165) is 29.7 Å². The van der Waals surface area contributed by atoms with Crippen LogP contribution in [0.5, 0.6) is 5.75 Å². The molecule has 0 aliphatic heterocycles. The fourth-order valence-corrected chi connectivity index (χ4v) is 5.19. The number of aliphatic carboxylic acids is 1. The fourth-order valence-electron chi connectivity index (χ4n) is 5.06. The van der Waals surface area contributed by atoms with Gasteiger partial charge < -0.3 is 15.2 Å². The van der Waals surface area contributed by atoms with Crippen LogP contribution < -0.4 is 10.1 Å². The van der Waals surface area contributed by atoms with Crippen molar-refractivity contribution >= 4 is 23.5 Å². The first-order valence-electron chi connectivity index (χ1n) is 14.3. The lowest BCUT2D eigenvalue weighted by Crippen LogP contribution is -2.26. The van der Waals surface area contributed by atoms with Crippen molar-refractivity contribution in [3.63, 3.8) is 0 Å². The fraction of sp³-hybridized carbons (Fsp3) is 0.229. The van der Waals surface area contributed by atoms with Gasteiger partial charge in [-0.2, -0.15) is 18.4 Å². The number of hydrogen-bond acceptors (Lipinski definition) is 4. The zero-order chi connectivity index (χ0) is 33.4. The van der Waals surface area contributed by atoms with Gasteiger partial charge in [-0.15, -0.1) is 0 Å². The minimum atomic E-state index is -4.72. The number of carboxylic acids is 1. The highest BCUT2D eigenvalue weighted by molar-refractivity contribution is 6.30. The van der Waals surface area contributed by atoms with Crippen molar-refractivity contribution in [1.82, 2.24) is 5.32 Å². The maximum absolute atomic E-state index is 15.0. The number of rotatable bonds is 12. The topological polar surface area (TPSA) is 99.4 Å². The van der Waals surface area contributed by atoms with Crippen molar-refractivity contribution in [2.45, 2.75) is 44.4 Å². The Morgan fingerprint density at radius 1 is 0.978 bits per heavy atom. The molecule has 2 N–H and O–H groups in total. The first-order chi connectivity index (χ1) is 21.9. The minimum Gasteiger partial charge on any atom is -0.485 e. The largest absolute Gasteiger partial charge is 0.485 e. The molecule has 0 aromatic heterocycles. The maximum atomic E-state index is 15.0. The maximum Gasteiger partial charge on any atom is 0.416 e. The van der Waals surface area contributed by atoms with Crippen molar-refractivity contribution in [2.24, 2.45) is 0 Å². The van der Waals surface area contributed by atoms with E-state index < -0.39 is 35.5 Å². The highest BCUT2D eigenvalue weighted by Crippen LogP contribution is 2.41. The van der Waals surface area contributed by atoms with Crippen LogP contribution in [0.4, 0.5) is 17.6 Å². The van der Waals surface area contributed by atoms with Crippen LogP contribution >= 0.6 is 11.6 Å². The van der Waals surface area contributed by atoms with Crippen molar-refractivity contribution in [3.05, 3.63) is 124 Å². The van der Waals surface area contributed by atoms with E-state index in [1.165, 1.54) is 18.2 Å². The molecule has 6 nitrogen and oxygen atoms in total. The van der Waals surface area contributed by atoms with Crippen molar-refractivity contribution in [1.29, 1.82) is 5.26 Å². The molecule has 46 heavy (non-hydrogen) atoms. The molecule has 0 aliphatic rings. The Labute approximate surface area is 268 Å². The van der Waals surface area contributed by atoms with Crippen molar-refractivity contribution in [2.75, 3.05) is 6.54 Å². The van der Waals surface area contributed by atoms with Crippen molar-refractivity contribution < 1.29 is 37.0 Å². The summed E-state index contributed by atoms with van der Waals surface area (Å²) in [5, 5.41) is 21.6. The first-order valence-corrected chi connectivity index (χ1v) is 14.7. The molecule has 1 amide bonds. The molecule has 0 aliphatic carbocycles. The number of benzene rings is 4. The van der Waals surface area contributed by atoms with E-state index in [2.05, 4.69) is 5.32 Å². The molecule has 4 aromatic rings. The summed E-state index contributed by atoms with van der Waals surface area (Å²) in [6.07, 6.45) is -4.20. The van der Waals surface area contributed by atoms with E-state index >= 15 is 0 Å². The van der Waals surface area contributed by atoms with Gasteiger partial charge in [0.15, 0.2) is 0 Å². The SMILES string of the molecule is CCC[C@H](c1ccc(C(=O)NCCC(=O)O)cc1)[C@@H](Oc1cc(C#N)cc(-c2ccc(C(F)(F)F)cc2F)c1)c1ccc(Cl)cc1. The number of carbonyl (C=O) groups excluding carboxylic acids is 1. The average Bonchev–Trinajstić information content (AvgIpc) is 3.02. The average molecular weight is 653 g/mol. The summed E-state index contributed by atoms with van der Waals surface area (Å²) in [6, 6.07) is 22.4. The second-order valence-corrected chi connectivity index (χ2v) is 11.0. The van der Waals surface area contributed by atoms with Gasteiger partial charge in [0.2, 0.25) is 0 Å². The van der Waals surface area contributed by atoms with Gasteiger partial charge in [0.25, 0.3) is 5.91 Å². The molecule has 0 fully saturated rings. The Kier molecular flexibility index (Phi) is 11.0. The number of carboxylic acid groups (broad SMARTS) is 1. The normalized spacial score (nSPS) is 12.5. The predicted molar refractivity (Wildman–Crippen MR) is 165 cm³/mol. The second-order valence-electron chi connectivity index (χ2n) is 10.6. The number of alkyl halides is 3. The van der Waals surface area contributed by atoms with Gasteiger partial charge in [0.05, 0.1) is 23.6 Å². The van der Waals surface area contributed by atoms with Crippen LogP contribution in [0, 0.1) is 17.1 Å². The van der Waals surface area contributed by atoms with Crippen LogP contribution in [0.1, 0.15) is 70.8 Å². The van der Waals surface area contributed by atoms with Gasteiger partial charge in [-0.3, -0.25) is 9.59 Å². The Balaban J connectivity index is 1.72. The van der Waals surface area contributed by atoms with Gasteiger partial charge >= 0.3 is 12.1 Å². The second kappa shape index (κ2) is 14.9. The zero-order valence-corrected chi connectivity index (χ0v) is 25.3. The number of hydrogen-bond donors (Lipinski definition) is 2. The summed E-state index contributed by atoms with van der Waals surface area (Å²) in [5.41, 5.74) is 0.943. The van der Waals surface area contributed by atoms with Gasteiger partial charge in [-0.1, -0.05) is 55.3 Å². The van der Waals surface area contributed by atoms with Crippen LogP contribution in [-0.2, 0) is 11.0 Å². The highest BCUT2D eigenvalue weighted by atomic mass is 35.5. The molecule has 0 saturated carbocycles. The molecule has 238 valence electrons. The summed E-state index contributed by atoms with van der Waals surface area (Å²) in [6.45, 7) is 1.99. The minimum absolute atomic E-state index is 0.0129. The number of carbonyl (C=O) groups is 2. The van der Waals surface area contributed by atoms with E-state index in [0.29, 0.717) is 23.1 Å². The molecule has 0 unspecified atom stereocenters. The monoisotopic (exact) mass is 652 g/mol. The number of nitrogens with one attached hydrogen (secondary N) is 1. The third kappa shape index (κ3) is 8.64. The van der Waals surface area contributed by atoms with Gasteiger partial charge in [-0.25, -0.2) is 4.39 Å². The van der Waals surface area contributed by atoms with E-state index in [4.69, 9.17) is 21.4 Å². The standard InChI is InChI=1S/C35H29ClF4N2O4/c1-2-3-30(22-4-6-24(7-5-22)34(45)42-15-14-32(43)44)33(23-8-11-27(36)12-9-23)46-28-17-21(20-41)16-25(18-28)29-13-10-26(19-31(29)37)35(38,39)40/h4-13,16-19,30,33H,2-3,14-15H2,1H3,(H,42,45)(H,43,44)/t30-,33+/m1/s1. The van der Waals surface area contributed by atoms with Gasteiger partial charge in [0.1, 0.15) is 17.7 Å². The summed E-state index contributed by atoms with van der Waals surface area (Å²) < 4.78 is 61.0. The lowest BCUT2D eigenvalue weighted by atomic mass is 9.85. The number of halogens is 5. The van der Waals surface area contributed by atoms with E-state index in [1.807, 2.05) is 13.0 Å². The van der Waals surface area contributed by atoms with E-state index in [-0.39, 0.29) is 41.3 Å². The summed E-state index contributed by atoms with van der Waals surface area (Å²) >= 11 is 6.16. The van der Waals surface area contributed by atoms with Gasteiger partial charge in [-0.05, 0) is 77.7 Å². The predicted octanol–water partition coefficient (Wildman–Crippen LogP) is 8.95. The molecular formula is C35H29ClF4N2O4. The van der Waals surface area contributed by atoms with Crippen LogP contribution in [0.3, 0.4) is 0 Å². The third-order valence-corrected chi connectivity index (χ3v) is 7.55. The molecule has 11 heteroatoms. The van der Waals surface area contributed by atoms with Gasteiger partial charge in [0, 0.05) is 28.6 Å². The lowest BCUT2D eigenvalue weighted by molar-refractivity contribution is -0.138. The molecule has 2 atom stereocenters. The van der Waals surface area contributed by atoms with Crippen LogP contribution in [-0.4, -0.2) is 23.5 Å². The Hall–Kier alpha value is -4.88. The third-order valence-electron chi connectivity index (χ3n) is 7.30. The van der Waals surface area contributed by atoms with Crippen molar-refractivity contribution in [3.8, 4) is 22.9 Å². The number of ether oxygens (including phenoxy) is 1. The van der Waals surface area contributed by atoms with E-state index in [9.17, 15) is 32.4 Å². The van der Waals surface area contributed by atoms with Crippen LogP contribution in [0.2, 0.25) is 5.02 Å². The highest BCUT2D eigenvalue weighted by Gasteiger charge is 2.31. The zero-order valence-electron chi connectivity index (χ0n) is 24.6. The Morgan fingerprint density at radius 2 is 1.65 bits per heavy atom. The summed E-state index contributed by atoms with van der Waals surface area (Å²) in [5.74, 6) is -2.62.